The zero-order valence-electron chi connectivity index (χ0n) is 37.3. The summed E-state index contributed by atoms with van der Waals surface area (Å²) in [6, 6.07) is 97.6. The van der Waals surface area contributed by atoms with Crippen LogP contribution in [0.2, 0.25) is 0 Å². The van der Waals surface area contributed by atoms with E-state index in [4.69, 9.17) is 0 Å². The summed E-state index contributed by atoms with van der Waals surface area (Å²) in [6.45, 7) is 0. The number of fused-ring (bicyclic) bond motifs is 7. The quantitative estimate of drug-likeness (QED) is 0.138. The fourth-order valence-corrected chi connectivity index (χ4v) is 10.7. The number of para-hydroxylation sites is 3. The zero-order chi connectivity index (χ0) is 45.0. The molecule has 0 unspecified atom stereocenters. The van der Waals surface area contributed by atoms with Crippen molar-refractivity contribution in [3.05, 3.63) is 267 Å². The Labute approximate surface area is 395 Å². The molecule has 13 rings (SSSR count). The number of nitrogens with zero attached hydrogens (tertiary/aromatic N) is 2. The van der Waals surface area contributed by atoms with Gasteiger partial charge in [0, 0.05) is 27.7 Å². The van der Waals surface area contributed by atoms with Gasteiger partial charge in [0.1, 0.15) is 0 Å². The van der Waals surface area contributed by atoms with E-state index in [0.717, 1.165) is 50.5 Å². The molecule has 0 aliphatic rings. The molecule has 68 heavy (non-hydrogen) atoms. The predicted octanol–water partition coefficient (Wildman–Crippen LogP) is 18.4. The monoisotopic (exact) mass is 864 g/mol. The molecule has 0 fully saturated rings. The van der Waals surface area contributed by atoms with E-state index in [9.17, 15) is 0 Å². The van der Waals surface area contributed by atoms with Gasteiger partial charge in [0.2, 0.25) is 0 Å². The van der Waals surface area contributed by atoms with Gasteiger partial charge < -0.3 is 9.47 Å². The van der Waals surface area contributed by atoms with Crippen LogP contribution in [0.3, 0.4) is 0 Å². The molecule has 0 radical (unpaired) electrons. The van der Waals surface area contributed by atoms with Crippen LogP contribution in [0.1, 0.15) is 0 Å². The molecule has 318 valence electrons. The van der Waals surface area contributed by atoms with E-state index in [1.54, 1.807) is 0 Å². The van der Waals surface area contributed by atoms with Gasteiger partial charge >= 0.3 is 0 Å². The maximum absolute atomic E-state index is 2.49. The maximum atomic E-state index is 2.49. The highest BCUT2D eigenvalue weighted by Gasteiger charge is 2.24. The van der Waals surface area contributed by atoms with E-state index in [-0.39, 0.29) is 0 Å². The molecule has 0 saturated heterocycles. The summed E-state index contributed by atoms with van der Waals surface area (Å²) in [5.74, 6) is 0. The maximum Gasteiger partial charge on any atom is 0.0782 e. The van der Waals surface area contributed by atoms with Gasteiger partial charge in [-0.05, 0) is 120 Å². The topological polar surface area (TPSA) is 8.17 Å². The van der Waals surface area contributed by atoms with Crippen molar-refractivity contribution in [2.24, 2.45) is 0 Å². The van der Waals surface area contributed by atoms with Crippen molar-refractivity contribution in [1.29, 1.82) is 0 Å². The van der Waals surface area contributed by atoms with Gasteiger partial charge in [-0.3, -0.25) is 0 Å². The fourth-order valence-electron chi connectivity index (χ4n) is 10.7. The smallest absolute Gasteiger partial charge is 0.0782 e. The minimum atomic E-state index is 1.07. The van der Waals surface area contributed by atoms with Crippen molar-refractivity contribution in [2.75, 3.05) is 4.90 Å². The van der Waals surface area contributed by atoms with Gasteiger partial charge in [-0.2, -0.15) is 0 Å². The fraction of sp³-hybridized carbons (Fsp3) is 0. The van der Waals surface area contributed by atoms with Crippen molar-refractivity contribution >= 4 is 71.2 Å². The normalized spacial score (nSPS) is 11.5. The van der Waals surface area contributed by atoms with Crippen LogP contribution in [0, 0.1) is 0 Å². The van der Waals surface area contributed by atoms with Crippen molar-refractivity contribution in [1.82, 2.24) is 4.57 Å². The van der Waals surface area contributed by atoms with E-state index in [0.29, 0.717) is 0 Å². The highest BCUT2D eigenvalue weighted by Crippen LogP contribution is 2.49. The van der Waals surface area contributed by atoms with Crippen molar-refractivity contribution < 1.29 is 0 Å². The molecule has 0 atom stereocenters. The van der Waals surface area contributed by atoms with Gasteiger partial charge in [-0.1, -0.05) is 218 Å². The standard InChI is InChI=1S/C66H44N2/c1-4-21-46(22-5-1)54-30-14-16-35-61(54)67(63-37-19-34-59-57-32-15-17-36-62(57)68(66(59)63)53-40-38-45-20-10-11-27-49(45)42-53)52-29-18-28-50(43-52)51-39-41-56-55-31-12-13-33-58(55)64(47-23-6-2-7-24-47)65(60(56)44-51)48-25-8-3-9-26-48/h1-44H. The lowest BCUT2D eigenvalue weighted by Crippen LogP contribution is -2.13. The molecule has 1 aromatic heterocycles. The third kappa shape index (κ3) is 6.57. The summed E-state index contributed by atoms with van der Waals surface area (Å²) in [4.78, 5) is 2.49. The zero-order valence-corrected chi connectivity index (χ0v) is 37.3. The largest absolute Gasteiger partial charge is 0.308 e. The molecule has 0 aliphatic carbocycles. The van der Waals surface area contributed by atoms with Crippen LogP contribution in [0.25, 0.3) is 104 Å². The summed E-state index contributed by atoms with van der Waals surface area (Å²) in [5.41, 5.74) is 16.2. The molecular formula is C66H44N2. The number of benzene rings is 12. The molecule has 0 spiro atoms. The second kappa shape index (κ2) is 16.5. The Morgan fingerprint density at radius 3 is 1.60 bits per heavy atom. The van der Waals surface area contributed by atoms with Gasteiger partial charge in [0.05, 0.1) is 22.4 Å². The predicted molar refractivity (Wildman–Crippen MR) is 290 cm³/mol. The second-order valence-electron chi connectivity index (χ2n) is 17.6. The van der Waals surface area contributed by atoms with Crippen LogP contribution in [0.15, 0.2) is 267 Å². The first-order valence-corrected chi connectivity index (χ1v) is 23.4. The Balaban J connectivity index is 1.08. The van der Waals surface area contributed by atoms with Gasteiger partial charge in [0.15, 0.2) is 0 Å². The molecule has 2 nitrogen and oxygen atoms in total. The first kappa shape index (κ1) is 39.4. The minimum absolute atomic E-state index is 1.07. The van der Waals surface area contributed by atoms with Gasteiger partial charge in [-0.25, -0.2) is 0 Å². The van der Waals surface area contributed by atoms with Crippen molar-refractivity contribution in [3.63, 3.8) is 0 Å². The van der Waals surface area contributed by atoms with Crippen LogP contribution in [0.4, 0.5) is 17.1 Å². The highest BCUT2D eigenvalue weighted by atomic mass is 15.2. The number of anilines is 3. The molecular weight excluding hydrogens is 821 g/mol. The van der Waals surface area contributed by atoms with Crippen LogP contribution in [0.5, 0.6) is 0 Å². The number of hydrogen-bond acceptors (Lipinski definition) is 1. The molecule has 0 aliphatic heterocycles. The summed E-state index contributed by atoms with van der Waals surface area (Å²) >= 11 is 0. The summed E-state index contributed by atoms with van der Waals surface area (Å²) < 4.78 is 2.47. The average Bonchev–Trinajstić information content (AvgIpc) is 3.76. The summed E-state index contributed by atoms with van der Waals surface area (Å²) in [7, 11) is 0. The molecule has 1 heterocycles. The lowest BCUT2D eigenvalue weighted by molar-refractivity contribution is 1.17. The number of rotatable bonds is 8. The van der Waals surface area contributed by atoms with E-state index in [2.05, 4.69) is 276 Å². The average molecular weight is 865 g/mol. The highest BCUT2D eigenvalue weighted by molar-refractivity contribution is 6.22. The number of aromatic nitrogens is 1. The molecule has 0 bridgehead atoms. The Bertz CT molecular complexity index is 4020. The minimum Gasteiger partial charge on any atom is -0.308 e. The van der Waals surface area contributed by atoms with Gasteiger partial charge in [0.25, 0.3) is 0 Å². The molecule has 2 heteroatoms. The lowest BCUT2D eigenvalue weighted by atomic mass is 9.84. The number of hydrogen-bond donors (Lipinski definition) is 0. The third-order valence-electron chi connectivity index (χ3n) is 13.7. The van der Waals surface area contributed by atoms with E-state index in [1.165, 1.54) is 70.9 Å². The molecule has 0 amide bonds. The van der Waals surface area contributed by atoms with Crippen molar-refractivity contribution in [3.8, 4) is 50.2 Å². The van der Waals surface area contributed by atoms with E-state index < -0.39 is 0 Å². The summed E-state index contributed by atoms with van der Waals surface area (Å²) in [5, 5.41) is 9.83. The molecule has 0 N–H and O–H groups in total. The van der Waals surface area contributed by atoms with Crippen LogP contribution < -0.4 is 4.90 Å². The Morgan fingerprint density at radius 2 is 0.824 bits per heavy atom. The Hall–Kier alpha value is -8.98. The van der Waals surface area contributed by atoms with Crippen LogP contribution >= 0.6 is 0 Å². The second-order valence-corrected chi connectivity index (χ2v) is 17.6. The van der Waals surface area contributed by atoms with Gasteiger partial charge in [-0.15, -0.1) is 0 Å². The Morgan fingerprint density at radius 1 is 0.279 bits per heavy atom. The lowest BCUT2D eigenvalue weighted by Gasteiger charge is -2.29. The van der Waals surface area contributed by atoms with E-state index in [1.807, 2.05) is 0 Å². The molecule has 13 aromatic rings. The van der Waals surface area contributed by atoms with Crippen molar-refractivity contribution in [2.45, 2.75) is 0 Å². The molecule has 12 aromatic carbocycles. The first-order valence-electron chi connectivity index (χ1n) is 23.4. The van der Waals surface area contributed by atoms with E-state index >= 15 is 0 Å². The van der Waals surface area contributed by atoms with Crippen LogP contribution in [-0.4, -0.2) is 4.57 Å². The molecule has 0 saturated carbocycles. The SMILES string of the molecule is c1ccc(-c2ccccc2N(c2cccc(-c3ccc4c(c3)c(-c3ccccc3)c(-c3ccccc3)c3ccccc34)c2)c2cccc3c4ccccc4n(-c4ccc5ccccc5c4)c23)cc1. The third-order valence-corrected chi connectivity index (χ3v) is 13.7. The first-order chi connectivity index (χ1) is 33.8. The Kier molecular flexibility index (Phi) is 9.54. The van der Waals surface area contributed by atoms with Crippen LogP contribution in [-0.2, 0) is 0 Å². The summed E-state index contributed by atoms with van der Waals surface area (Å²) in [6.07, 6.45) is 0.